The SMILES string of the molecule is CN1CCN2CCc3ccc([N+](=O)[O-])cc3C2C1c1ccc([N+](=O)[O-])cc1.Cl.Cl. The second-order valence-electron chi connectivity index (χ2n) is 7.15. The Balaban J connectivity index is 0.00000150. The maximum absolute atomic E-state index is 11.3. The van der Waals surface area contributed by atoms with Crippen LogP contribution in [-0.4, -0.2) is 46.3 Å². The van der Waals surface area contributed by atoms with Gasteiger partial charge >= 0.3 is 0 Å². The van der Waals surface area contributed by atoms with Gasteiger partial charge in [-0.15, -0.1) is 24.8 Å². The fraction of sp³-hybridized carbons (Fsp3) is 0.368. The highest BCUT2D eigenvalue weighted by Gasteiger charge is 2.40. The van der Waals surface area contributed by atoms with E-state index in [1.807, 2.05) is 13.1 Å². The molecule has 8 nitrogen and oxygen atoms in total. The van der Waals surface area contributed by atoms with Crippen molar-refractivity contribution in [2.45, 2.75) is 18.5 Å². The van der Waals surface area contributed by atoms with Crippen LogP contribution in [0.15, 0.2) is 42.5 Å². The van der Waals surface area contributed by atoms with Gasteiger partial charge in [-0.2, -0.15) is 0 Å². The monoisotopic (exact) mass is 440 g/mol. The highest BCUT2D eigenvalue weighted by Crippen LogP contribution is 2.45. The molecule has 1 saturated heterocycles. The van der Waals surface area contributed by atoms with E-state index in [1.165, 1.54) is 12.1 Å². The zero-order valence-electron chi connectivity index (χ0n) is 15.8. The minimum absolute atomic E-state index is 0. The smallest absolute Gasteiger partial charge is 0.269 e. The Hall–Kier alpha value is -2.26. The molecule has 0 radical (unpaired) electrons. The quantitative estimate of drug-likeness (QED) is 0.529. The van der Waals surface area contributed by atoms with Crippen LogP contribution in [0.2, 0.25) is 0 Å². The first-order valence-corrected chi connectivity index (χ1v) is 8.91. The second-order valence-corrected chi connectivity index (χ2v) is 7.15. The molecule has 0 bridgehead atoms. The Morgan fingerprint density at radius 3 is 2.10 bits per heavy atom. The Morgan fingerprint density at radius 2 is 1.48 bits per heavy atom. The lowest BCUT2D eigenvalue weighted by Crippen LogP contribution is -2.51. The molecule has 1 fully saturated rings. The van der Waals surface area contributed by atoms with Crippen molar-refractivity contribution in [3.05, 3.63) is 79.4 Å². The Kier molecular flexibility index (Phi) is 7.18. The summed E-state index contributed by atoms with van der Waals surface area (Å²) in [7, 11) is 2.04. The largest absolute Gasteiger partial charge is 0.296 e. The number of nitro groups is 2. The van der Waals surface area contributed by atoms with Gasteiger partial charge in [-0.25, -0.2) is 0 Å². The molecule has 2 aromatic carbocycles. The highest BCUT2D eigenvalue weighted by atomic mass is 35.5. The molecule has 2 aliphatic heterocycles. The van der Waals surface area contributed by atoms with Crippen LogP contribution in [-0.2, 0) is 6.42 Å². The summed E-state index contributed by atoms with van der Waals surface area (Å²) in [6.07, 6.45) is 0.876. The number of nitro benzene ring substituents is 2. The van der Waals surface area contributed by atoms with Crippen LogP contribution in [0.25, 0.3) is 0 Å². The molecule has 0 spiro atoms. The van der Waals surface area contributed by atoms with Crippen molar-refractivity contribution in [3.63, 3.8) is 0 Å². The first kappa shape index (κ1) is 23.0. The second kappa shape index (κ2) is 9.04. The van der Waals surface area contributed by atoms with Gasteiger partial charge in [0, 0.05) is 43.9 Å². The molecule has 2 atom stereocenters. The van der Waals surface area contributed by atoms with Gasteiger partial charge in [0.2, 0.25) is 0 Å². The van der Waals surface area contributed by atoms with Crippen molar-refractivity contribution in [1.29, 1.82) is 0 Å². The molecule has 29 heavy (non-hydrogen) atoms. The minimum Gasteiger partial charge on any atom is -0.296 e. The van der Waals surface area contributed by atoms with Crippen LogP contribution in [0.3, 0.4) is 0 Å². The molecule has 2 heterocycles. The van der Waals surface area contributed by atoms with Gasteiger partial charge < -0.3 is 0 Å². The number of hydrogen-bond donors (Lipinski definition) is 0. The normalized spacial score (nSPS) is 21.1. The highest BCUT2D eigenvalue weighted by molar-refractivity contribution is 5.85. The predicted molar refractivity (Wildman–Crippen MR) is 114 cm³/mol. The molecule has 0 amide bonds. The third kappa shape index (κ3) is 4.20. The van der Waals surface area contributed by atoms with Gasteiger partial charge in [0.05, 0.1) is 21.9 Å². The maximum Gasteiger partial charge on any atom is 0.269 e. The van der Waals surface area contributed by atoms with E-state index in [-0.39, 0.29) is 53.2 Å². The summed E-state index contributed by atoms with van der Waals surface area (Å²) < 4.78 is 0. The van der Waals surface area contributed by atoms with Crippen LogP contribution in [0, 0.1) is 20.2 Å². The molecule has 10 heteroatoms. The summed E-state index contributed by atoms with van der Waals surface area (Å²) in [5.74, 6) is 0. The van der Waals surface area contributed by atoms with E-state index in [0.717, 1.165) is 42.7 Å². The third-order valence-corrected chi connectivity index (χ3v) is 5.68. The van der Waals surface area contributed by atoms with Gasteiger partial charge in [0.25, 0.3) is 11.4 Å². The minimum atomic E-state index is -0.403. The van der Waals surface area contributed by atoms with Crippen molar-refractivity contribution < 1.29 is 9.85 Å². The van der Waals surface area contributed by atoms with Crippen molar-refractivity contribution in [2.24, 2.45) is 0 Å². The number of rotatable bonds is 3. The lowest BCUT2D eigenvalue weighted by atomic mass is 9.83. The molecular formula is C19H22Cl2N4O4. The molecule has 156 valence electrons. The van der Waals surface area contributed by atoms with E-state index >= 15 is 0 Å². The molecule has 0 saturated carbocycles. The molecule has 2 unspecified atom stereocenters. The maximum atomic E-state index is 11.3. The third-order valence-electron chi connectivity index (χ3n) is 5.68. The molecular weight excluding hydrogens is 419 g/mol. The van der Waals surface area contributed by atoms with E-state index in [0.29, 0.717) is 0 Å². The zero-order chi connectivity index (χ0) is 19.1. The number of non-ortho nitro benzene ring substituents is 2. The van der Waals surface area contributed by atoms with Crippen LogP contribution >= 0.6 is 24.8 Å². The van der Waals surface area contributed by atoms with E-state index in [9.17, 15) is 20.2 Å². The average molecular weight is 441 g/mol. The van der Waals surface area contributed by atoms with Crippen LogP contribution < -0.4 is 0 Å². The summed E-state index contributed by atoms with van der Waals surface area (Å²) in [5, 5.41) is 22.3. The Bertz CT molecular complexity index is 910. The van der Waals surface area contributed by atoms with Gasteiger partial charge in [-0.05, 0) is 30.2 Å². The van der Waals surface area contributed by atoms with E-state index in [2.05, 4.69) is 9.80 Å². The topological polar surface area (TPSA) is 92.8 Å². The van der Waals surface area contributed by atoms with E-state index < -0.39 is 4.92 Å². The number of fused-ring (bicyclic) bond motifs is 3. The summed E-state index contributed by atoms with van der Waals surface area (Å²) >= 11 is 0. The standard InChI is InChI=1S/C19H20N4O4.2ClH/c1-20-10-11-21-9-8-13-2-7-16(23(26)27)12-17(13)19(21)18(20)14-3-5-15(6-4-14)22(24)25;;/h2-7,12,18-19H,8-11H2,1H3;2*1H. The van der Waals surface area contributed by atoms with Crippen LogP contribution in [0.1, 0.15) is 28.8 Å². The number of likely N-dealkylation sites (N-methyl/N-ethyl adjacent to an activating group) is 1. The van der Waals surface area contributed by atoms with Crippen molar-refractivity contribution in [1.82, 2.24) is 9.80 Å². The van der Waals surface area contributed by atoms with Crippen LogP contribution in [0.5, 0.6) is 0 Å². The number of benzene rings is 2. The fourth-order valence-corrected chi connectivity index (χ4v) is 4.32. The van der Waals surface area contributed by atoms with Gasteiger partial charge in [-0.1, -0.05) is 18.2 Å². The van der Waals surface area contributed by atoms with E-state index in [1.54, 1.807) is 24.3 Å². The molecule has 0 N–H and O–H groups in total. The van der Waals surface area contributed by atoms with E-state index in [4.69, 9.17) is 0 Å². The summed E-state index contributed by atoms with van der Waals surface area (Å²) in [5.41, 5.74) is 3.28. The average Bonchev–Trinajstić information content (AvgIpc) is 2.67. The molecule has 0 aliphatic carbocycles. The van der Waals surface area contributed by atoms with Crippen molar-refractivity contribution >= 4 is 36.2 Å². The Labute approximate surface area is 180 Å². The number of nitrogens with zero attached hydrogens (tertiary/aromatic N) is 4. The van der Waals surface area contributed by atoms with Crippen molar-refractivity contribution in [2.75, 3.05) is 26.7 Å². The summed E-state index contributed by atoms with van der Waals surface area (Å²) in [6, 6.07) is 11.8. The Morgan fingerprint density at radius 1 is 0.862 bits per heavy atom. The lowest BCUT2D eigenvalue weighted by Gasteiger charge is -2.49. The van der Waals surface area contributed by atoms with Gasteiger partial charge in [0.15, 0.2) is 0 Å². The predicted octanol–water partition coefficient (Wildman–Crippen LogP) is 3.93. The number of hydrogen-bond acceptors (Lipinski definition) is 6. The summed E-state index contributed by atoms with van der Waals surface area (Å²) in [6.45, 7) is 2.68. The molecule has 0 aromatic heterocycles. The molecule has 2 aromatic rings. The van der Waals surface area contributed by atoms with Crippen molar-refractivity contribution in [3.8, 4) is 0 Å². The first-order chi connectivity index (χ1) is 13.0. The van der Waals surface area contributed by atoms with Gasteiger partial charge in [-0.3, -0.25) is 30.0 Å². The lowest BCUT2D eigenvalue weighted by molar-refractivity contribution is -0.385. The molecule has 2 aliphatic rings. The van der Waals surface area contributed by atoms with Crippen LogP contribution in [0.4, 0.5) is 11.4 Å². The number of halogens is 2. The van der Waals surface area contributed by atoms with Gasteiger partial charge in [0.1, 0.15) is 0 Å². The fourth-order valence-electron chi connectivity index (χ4n) is 4.32. The number of piperazine rings is 1. The molecule has 4 rings (SSSR count). The first-order valence-electron chi connectivity index (χ1n) is 8.91. The summed E-state index contributed by atoms with van der Waals surface area (Å²) in [4.78, 5) is 26.1. The zero-order valence-corrected chi connectivity index (χ0v) is 17.4.